The number of nitrogens with zero attached hydrogens (tertiary/aromatic N) is 6. The molecule has 248 valence electrons. The lowest BCUT2D eigenvalue weighted by Crippen LogP contribution is -2.39. The molecule has 4 atom stereocenters. The highest BCUT2D eigenvalue weighted by atomic mass is 19.1. The Morgan fingerprint density at radius 1 is 1.12 bits per heavy atom. The average Bonchev–Trinajstić information content (AvgIpc) is 3.93. The number of aromatic nitrogens is 4. The van der Waals surface area contributed by atoms with Crippen LogP contribution in [0.4, 0.5) is 4.39 Å². The number of hydrogen-bond acceptors (Lipinski definition) is 7. The van der Waals surface area contributed by atoms with Gasteiger partial charge in [0.2, 0.25) is 5.88 Å². The number of fused-ring (bicyclic) bond motifs is 5. The van der Waals surface area contributed by atoms with Gasteiger partial charge in [-0.3, -0.25) is 4.68 Å². The number of aryl methyl sites for hydroxylation is 2. The highest BCUT2D eigenvalue weighted by Crippen LogP contribution is 2.51. The van der Waals surface area contributed by atoms with Crippen LogP contribution in [-0.2, 0) is 13.5 Å². The molecular formula is C39H38FN7O2. The van der Waals surface area contributed by atoms with Crippen molar-refractivity contribution >= 4 is 32.6 Å². The van der Waals surface area contributed by atoms with Gasteiger partial charge >= 0.3 is 0 Å². The zero-order valence-electron chi connectivity index (χ0n) is 27.7. The second kappa shape index (κ2) is 11.6. The van der Waals surface area contributed by atoms with Gasteiger partial charge in [0, 0.05) is 54.8 Å². The first-order valence-electron chi connectivity index (χ1n) is 17.2. The van der Waals surface area contributed by atoms with E-state index >= 15 is 4.39 Å². The molecule has 49 heavy (non-hydrogen) atoms. The van der Waals surface area contributed by atoms with Crippen molar-refractivity contribution in [2.45, 2.75) is 50.2 Å². The predicted molar refractivity (Wildman–Crippen MR) is 188 cm³/mol. The largest absolute Gasteiger partial charge is 0.508 e. The van der Waals surface area contributed by atoms with Crippen molar-refractivity contribution in [2.24, 2.45) is 13.0 Å². The quantitative estimate of drug-likeness (QED) is 0.188. The van der Waals surface area contributed by atoms with Crippen LogP contribution in [0.25, 0.3) is 55.0 Å². The molecule has 10 rings (SSSR count). The Kier molecular flexibility index (Phi) is 7.11. The molecule has 1 aliphatic carbocycles. The Morgan fingerprint density at radius 3 is 2.73 bits per heavy atom. The second-order valence-corrected chi connectivity index (χ2v) is 14.1. The Labute approximate surface area is 283 Å². The number of ether oxygens (including phenoxy) is 1. The molecule has 3 aromatic carbocycles. The molecule has 1 saturated carbocycles. The lowest BCUT2D eigenvalue weighted by molar-refractivity contribution is 0.195. The first-order chi connectivity index (χ1) is 23.9. The van der Waals surface area contributed by atoms with E-state index in [2.05, 4.69) is 39.1 Å². The van der Waals surface area contributed by atoms with Crippen molar-refractivity contribution in [3.8, 4) is 40.1 Å². The van der Waals surface area contributed by atoms with E-state index in [0.717, 1.165) is 65.3 Å². The first-order valence-corrected chi connectivity index (χ1v) is 17.2. The molecule has 4 aliphatic rings. The molecule has 9 nitrogen and oxygen atoms in total. The third-order valence-electron chi connectivity index (χ3n) is 11.2. The fourth-order valence-corrected chi connectivity index (χ4v) is 8.69. The first kappa shape index (κ1) is 30.1. The third kappa shape index (κ3) is 4.78. The summed E-state index contributed by atoms with van der Waals surface area (Å²) in [6, 6.07) is 18.2. The molecular weight excluding hydrogens is 617 g/mol. The molecule has 0 amide bonds. The molecule has 3 aliphatic heterocycles. The van der Waals surface area contributed by atoms with Crippen molar-refractivity contribution in [3.63, 3.8) is 0 Å². The van der Waals surface area contributed by atoms with Gasteiger partial charge in [0.25, 0.3) is 0 Å². The van der Waals surface area contributed by atoms with Gasteiger partial charge in [-0.15, -0.1) is 0 Å². The third-order valence-corrected chi connectivity index (χ3v) is 11.2. The lowest BCUT2D eigenvalue weighted by atomic mass is 9.79. The molecule has 6 heterocycles. The summed E-state index contributed by atoms with van der Waals surface area (Å²) in [5, 5.41) is 31.8. The molecule has 3 saturated heterocycles. The van der Waals surface area contributed by atoms with E-state index in [-0.39, 0.29) is 29.8 Å². The number of nitrogens with one attached hydrogen (secondary N) is 1. The van der Waals surface area contributed by atoms with Crippen LogP contribution >= 0.6 is 0 Å². The maximum atomic E-state index is 17.6. The Hall–Kier alpha value is -4.98. The minimum Gasteiger partial charge on any atom is -0.508 e. The van der Waals surface area contributed by atoms with Crippen LogP contribution in [0.15, 0.2) is 60.9 Å². The van der Waals surface area contributed by atoms with Crippen molar-refractivity contribution in [2.75, 3.05) is 26.7 Å². The standard InChI is InChI=1S/C39H38FN7O2/c1-45-12-6-9-26(45)21-49-39-31-17-33(25-19-43-46(2)20-25)47(37-24-15-32(37)42-18-24)38(31)30-14-23(8-5-11-41)34(35(40)36(30)44-39)29-16-27(48)13-22-7-3-4-10-28(22)29/h3-4,7,10,13-14,16-17,19-20,24,26,32,37,42,48H,5-6,8-9,12,15,18,21H2,1-2H3. The van der Waals surface area contributed by atoms with Crippen molar-refractivity contribution in [1.29, 1.82) is 5.26 Å². The van der Waals surface area contributed by atoms with Crippen LogP contribution in [0, 0.1) is 23.1 Å². The number of hydrogen-bond donors (Lipinski definition) is 2. The molecule has 2 bridgehead atoms. The maximum Gasteiger partial charge on any atom is 0.223 e. The number of rotatable bonds is 8. The number of benzene rings is 3. The van der Waals surface area contributed by atoms with Gasteiger partial charge < -0.3 is 24.6 Å². The van der Waals surface area contributed by atoms with Gasteiger partial charge in [0.05, 0.1) is 34.9 Å². The monoisotopic (exact) mass is 655 g/mol. The van der Waals surface area contributed by atoms with Crippen LogP contribution in [0.1, 0.15) is 37.3 Å². The summed E-state index contributed by atoms with van der Waals surface area (Å²) in [7, 11) is 4.03. The molecule has 4 unspecified atom stereocenters. The number of pyridine rings is 1. The molecule has 4 fully saturated rings. The van der Waals surface area contributed by atoms with Gasteiger partial charge in [0.1, 0.15) is 17.9 Å². The molecule has 0 spiro atoms. The van der Waals surface area contributed by atoms with E-state index in [1.54, 1.807) is 16.8 Å². The number of aromatic hydroxyl groups is 1. The second-order valence-electron chi connectivity index (χ2n) is 14.1. The van der Waals surface area contributed by atoms with Crippen LogP contribution in [0.3, 0.4) is 0 Å². The highest BCUT2D eigenvalue weighted by Gasteiger charge is 2.49. The molecule has 2 N–H and O–H groups in total. The van der Waals surface area contributed by atoms with E-state index in [9.17, 15) is 10.4 Å². The Bertz CT molecular complexity index is 2310. The summed E-state index contributed by atoms with van der Waals surface area (Å²) in [5.74, 6) is 0.449. The number of phenols is 1. The molecule has 10 heteroatoms. The molecule has 3 aromatic heterocycles. The van der Waals surface area contributed by atoms with Crippen LogP contribution in [-0.4, -0.2) is 68.2 Å². The fourth-order valence-electron chi connectivity index (χ4n) is 8.69. The van der Waals surface area contributed by atoms with Gasteiger partial charge in [-0.2, -0.15) is 10.4 Å². The maximum absolute atomic E-state index is 17.6. The summed E-state index contributed by atoms with van der Waals surface area (Å²) >= 11 is 0. The van der Waals surface area contributed by atoms with E-state index < -0.39 is 5.82 Å². The number of phenolic OH excluding ortho intramolecular Hbond substituents is 1. The highest BCUT2D eigenvalue weighted by molar-refractivity contribution is 6.11. The van der Waals surface area contributed by atoms with E-state index in [1.807, 2.05) is 49.8 Å². The predicted octanol–water partition coefficient (Wildman–Crippen LogP) is 6.72. The van der Waals surface area contributed by atoms with Crippen molar-refractivity contribution < 1.29 is 14.2 Å². The summed E-state index contributed by atoms with van der Waals surface area (Å²) in [6.45, 7) is 2.42. The van der Waals surface area contributed by atoms with Crippen LogP contribution in [0.5, 0.6) is 11.6 Å². The van der Waals surface area contributed by atoms with Gasteiger partial charge in [-0.1, -0.05) is 24.3 Å². The van der Waals surface area contributed by atoms with E-state index in [1.165, 1.54) is 0 Å². The Balaban J connectivity index is 1.36. The van der Waals surface area contributed by atoms with Crippen LogP contribution in [0.2, 0.25) is 0 Å². The smallest absolute Gasteiger partial charge is 0.223 e. The van der Waals surface area contributed by atoms with Crippen molar-refractivity contribution in [1.82, 2.24) is 29.5 Å². The number of nitriles is 1. The summed E-state index contributed by atoms with van der Waals surface area (Å²) in [4.78, 5) is 7.33. The summed E-state index contributed by atoms with van der Waals surface area (Å²) < 4.78 is 28.4. The number of halogens is 1. The van der Waals surface area contributed by atoms with Gasteiger partial charge in [-0.25, -0.2) is 9.37 Å². The average molecular weight is 656 g/mol. The van der Waals surface area contributed by atoms with E-state index in [4.69, 9.17) is 9.72 Å². The molecule has 6 aromatic rings. The number of likely N-dealkylation sites (tertiary alicyclic amines) is 1. The van der Waals surface area contributed by atoms with Gasteiger partial charge in [-0.05, 0) is 91.4 Å². The zero-order chi connectivity index (χ0) is 33.4. The minimum absolute atomic E-state index is 0.0514. The summed E-state index contributed by atoms with van der Waals surface area (Å²) in [6.07, 6.45) is 7.73. The lowest BCUT2D eigenvalue weighted by Gasteiger charge is -2.37. The van der Waals surface area contributed by atoms with E-state index in [0.29, 0.717) is 52.9 Å². The molecule has 0 radical (unpaired) electrons. The zero-order valence-corrected chi connectivity index (χ0v) is 27.7. The van der Waals surface area contributed by atoms with Crippen LogP contribution < -0.4 is 10.1 Å². The normalized spacial score (nSPS) is 21.9. The fraction of sp³-hybridized carbons (Fsp3) is 0.359. The minimum atomic E-state index is -0.476. The summed E-state index contributed by atoms with van der Waals surface area (Å²) in [5.41, 5.74) is 4.75. The number of likely N-dealkylation sites (N-methyl/N-ethyl adjacent to an activating group) is 1. The topological polar surface area (TPSA) is 104 Å². The Morgan fingerprint density at radius 2 is 2.00 bits per heavy atom. The van der Waals surface area contributed by atoms with Gasteiger partial charge in [0.15, 0.2) is 5.82 Å². The SMILES string of the molecule is CN1CCCC1COc1nc2c(F)c(-c3cc(O)cc4ccccc34)c(CCC#N)cc2c2c1cc(-c1cnn(C)c1)n2C1C2CNC1C2. The van der Waals surface area contributed by atoms with Crippen molar-refractivity contribution in [3.05, 3.63) is 72.3 Å².